The maximum absolute atomic E-state index is 12.1. The van der Waals surface area contributed by atoms with E-state index in [4.69, 9.17) is 16.0 Å². The van der Waals surface area contributed by atoms with Crippen LogP contribution in [-0.2, 0) is 4.74 Å². The van der Waals surface area contributed by atoms with Crippen molar-refractivity contribution in [1.29, 1.82) is 0 Å². The zero-order valence-corrected chi connectivity index (χ0v) is 16.6. The van der Waals surface area contributed by atoms with E-state index in [-0.39, 0.29) is 27.6 Å². The minimum Gasteiger partial charge on any atom is -0.507 e. The number of carbonyl (C=O) groups is 2. The third-order valence-electron chi connectivity index (χ3n) is 4.08. The number of phenolic OH excluding ortho intramolecular Hbond substituents is 1. The number of nitro benzene ring substituents is 1. The number of phenols is 1. The van der Waals surface area contributed by atoms with Crippen LogP contribution in [0.25, 0.3) is 11.3 Å². The SMILES string of the molecule is COC(=O)c1cc(-c2ccc(C=NNC(=O)c3cc([N+](=O)[O-])ccc3O)o2)ccc1Cl. The van der Waals surface area contributed by atoms with Crippen LogP contribution >= 0.6 is 11.6 Å². The number of non-ortho nitro benzene ring substituents is 1. The molecule has 0 saturated heterocycles. The molecule has 3 rings (SSSR count). The first kappa shape index (κ1) is 21.5. The molecule has 2 N–H and O–H groups in total. The lowest BCUT2D eigenvalue weighted by atomic mass is 10.1. The minimum absolute atomic E-state index is 0.178. The Labute approximate surface area is 179 Å². The lowest BCUT2D eigenvalue weighted by Gasteiger charge is -2.04. The van der Waals surface area contributed by atoms with Gasteiger partial charge in [-0.25, -0.2) is 10.2 Å². The Morgan fingerprint density at radius 3 is 2.68 bits per heavy atom. The Hall–Kier alpha value is -4.18. The number of benzene rings is 2. The second-order valence-corrected chi connectivity index (χ2v) is 6.45. The molecule has 1 heterocycles. The molecular weight excluding hydrogens is 430 g/mol. The van der Waals surface area contributed by atoms with Gasteiger partial charge in [-0.05, 0) is 36.4 Å². The van der Waals surface area contributed by atoms with Crippen LogP contribution in [0.5, 0.6) is 5.75 Å². The molecule has 0 unspecified atom stereocenters. The highest BCUT2D eigenvalue weighted by Gasteiger charge is 2.16. The van der Waals surface area contributed by atoms with Crippen LogP contribution in [0.1, 0.15) is 26.5 Å². The highest BCUT2D eigenvalue weighted by Crippen LogP contribution is 2.27. The minimum atomic E-state index is -0.843. The summed E-state index contributed by atoms with van der Waals surface area (Å²) in [5.74, 6) is -1.18. The quantitative estimate of drug-likeness (QED) is 0.255. The van der Waals surface area contributed by atoms with E-state index >= 15 is 0 Å². The van der Waals surface area contributed by atoms with Crippen molar-refractivity contribution in [3.63, 3.8) is 0 Å². The van der Waals surface area contributed by atoms with Gasteiger partial charge in [0.1, 0.15) is 17.3 Å². The molecule has 0 spiro atoms. The zero-order chi connectivity index (χ0) is 22.5. The smallest absolute Gasteiger partial charge is 0.339 e. The van der Waals surface area contributed by atoms with Gasteiger partial charge in [0.25, 0.3) is 11.6 Å². The first-order chi connectivity index (χ1) is 14.8. The van der Waals surface area contributed by atoms with Gasteiger partial charge in [0.15, 0.2) is 0 Å². The van der Waals surface area contributed by atoms with E-state index in [2.05, 4.69) is 15.3 Å². The number of esters is 1. The zero-order valence-electron chi connectivity index (χ0n) is 15.9. The van der Waals surface area contributed by atoms with Crippen LogP contribution in [0.2, 0.25) is 5.02 Å². The molecule has 0 atom stereocenters. The van der Waals surface area contributed by atoms with E-state index in [0.29, 0.717) is 11.3 Å². The molecule has 0 aliphatic carbocycles. The van der Waals surface area contributed by atoms with Crippen molar-refractivity contribution < 1.29 is 28.8 Å². The number of methoxy groups -OCH3 is 1. The highest BCUT2D eigenvalue weighted by atomic mass is 35.5. The third-order valence-corrected chi connectivity index (χ3v) is 4.41. The van der Waals surface area contributed by atoms with E-state index in [1.54, 1.807) is 18.2 Å². The Morgan fingerprint density at radius 1 is 1.19 bits per heavy atom. The molecule has 0 fully saturated rings. The molecule has 0 radical (unpaired) electrons. The Morgan fingerprint density at radius 2 is 1.97 bits per heavy atom. The number of nitrogens with zero attached hydrogens (tertiary/aromatic N) is 2. The monoisotopic (exact) mass is 443 g/mol. The molecule has 2 aromatic carbocycles. The number of aromatic hydroxyl groups is 1. The molecule has 1 aromatic heterocycles. The predicted octanol–water partition coefficient (Wildman–Crippen LogP) is 3.76. The van der Waals surface area contributed by atoms with Gasteiger partial charge in [-0.15, -0.1) is 0 Å². The van der Waals surface area contributed by atoms with E-state index in [1.807, 2.05) is 0 Å². The molecule has 0 aliphatic heterocycles. The summed E-state index contributed by atoms with van der Waals surface area (Å²) in [7, 11) is 1.24. The van der Waals surface area contributed by atoms with Crippen molar-refractivity contribution in [3.05, 3.63) is 80.6 Å². The molecule has 1 amide bonds. The summed E-state index contributed by atoms with van der Waals surface area (Å²) < 4.78 is 10.3. The second kappa shape index (κ2) is 9.09. The predicted molar refractivity (Wildman–Crippen MR) is 110 cm³/mol. The fourth-order valence-electron chi connectivity index (χ4n) is 2.56. The van der Waals surface area contributed by atoms with Crippen LogP contribution in [0, 0.1) is 10.1 Å². The van der Waals surface area contributed by atoms with Gasteiger partial charge >= 0.3 is 5.97 Å². The van der Waals surface area contributed by atoms with Crippen molar-refractivity contribution in [3.8, 4) is 17.1 Å². The summed E-state index contributed by atoms with van der Waals surface area (Å²) in [5, 5.41) is 24.5. The number of rotatable bonds is 6. The van der Waals surface area contributed by atoms with E-state index in [1.165, 1.54) is 25.5 Å². The number of nitrogens with one attached hydrogen (secondary N) is 1. The standard InChI is InChI=1S/C20H14ClN3O7/c1-30-20(27)14-8-11(2-5-16(14)21)18-7-4-13(31-18)10-22-23-19(26)15-9-12(24(28)29)3-6-17(15)25/h2-10,25H,1H3,(H,23,26). The fourth-order valence-corrected chi connectivity index (χ4v) is 2.75. The van der Waals surface area contributed by atoms with Crippen molar-refractivity contribution in [2.24, 2.45) is 5.10 Å². The molecular formula is C20H14ClN3O7. The highest BCUT2D eigenvalue weighted by molar-refractivity contribution is 6.33. The first-order valence-corrected chi connectivity index (χ1v) is 8.97. The number of furan rings is 1. The van der Waals surface area contributed by atoms with E-state index < -0.39 is 22.5 Å². The average Bonchev–Trinajstić information content (AvgIpc) is 3.22. The number of carbonyl (C=O) groups excluding carboxylic acids is 2. The number of ether oxygens (including phenoxy) is 1. The Balaban J connectivity index is 1.73. The van der Waals surface area contributed by atoms with Crippen molar-refractivity contribution >= 4 is 35.4 Å². The second-order valence-electron chi connectivity index (χ2n) is 6.05. The molecule has 10 nitrogen and oxygen atoms in total. The van der Waals surface area contributed by atoms with Crippen LogP contribution < -0.4 is 5.43 Å². The summed E-state index contributed by atoms with van der Waals surface area (Å²) in [6, 6.07) is 11.0. The average molecular weight is 444 g/mol. The Bertz CT molecular complexity index is 1200. The first-order valence-electron chi connectivity index (χ1n) is 8.59. The van der Waals surface area contributed by atoms with Gasteiger partial charge in [-0.1, -0.05) is 11.6 Å². The molecule has 0 saturated carbocycles. The summed E-state index contributed by atoms with van der Waals surface area (Å²) in [6.07, 6.45) is 1.20. The lowest BCUT2D eigenvalue weighted by molar-refractivity contribution is -0.384. The van der Waals surface area contributed by atoms with Crippen LogP contribution in [0.4, 0.5) is 5.69 Å². The van der Waals surface area contributed by atoms with Crippen LogP contribution in [0.15, 0.2) is 58.0 Å². The fraction of sp³-hybridized carbons (Fsp3) is 0.0500. The molecule has 0 aliphatic rings. The summed E-state index contributed by atoms with van der Waals surface area (Å²) in [4.78, 5) is 34.0. The lowest BCUT2D eigenvalue weighted by Crippen LogP contribution is -2.17. The summed E-state index contributed by atoms with van der Waals surface area (Å²) in [5.41, 5.74) is 2.24. The van der Waals surface area contributed by atoms with Gasteiger partial charge < -0.3 is 14.3 Å². The molecule has 158 valence electrons. The number of nitro groups is 1. The number of hydrazone groups is 1. The van der Waals surface area contributed by atoms with Crippen LogP contribution in [-0.4, -0.2) is 35.2 Å². The van der Waals surface area contributed by atoms with Crippen molar-refractivity contribution in [1.82, 2.24) is 5.43 Å². The van der Waals surface area contributed by atoms with Gasteiger partial charge in [-0.2, -0.15) is 5.10 Å². The van der Waals surface area contributed by atoms with Gasteiger partial charge in [0, 0.05) is 17.7 Å². The van der Waals surface area contributed by atoms with Gasteiger partial charge in [0.05, 0.1) is 34.4 Å². The van der Waals surface area contributed by atoms with Crippen molar-refractivity contribution in [2.45, 2.75) is 0 Å². The summed E-state index contributed by atoms with van der Waals surface area (Å²) >= 11 is 6.00. The topological polar surface area (TPSA) is 144 Å². The molecule has 11 heteroatoms. The molecule has 0 bridgehead atoms. The van der Waals surface area contributed by atoms with Gasteiger partial charge in [-0.3, -0.25) is 14.9 Å². The van der Waals surface area contributed by atoms with Crippen LogP contribution in [0.3, 0.4) is 0 Å². The largest absolute Gasteiger partial charge is 0.507 e. The number of hydrogen-bond acceptors (Lipinski definition) is 8. The molecule has 3 aromatic rings. The third kappa shape index (κ3) is 4.87. The summed E-state index contributed by atoms with van der Waals surface area (Å²) in [6.45, 7) is 0. The van der Waals surface area contributed by atoms with Crippen molar-refractivity contribution in [2.75, 3.05) is 7.11 Å². The van der Waals surface area contributed by atoms with Gasteiger partial charge in [0.2, 0.25) is 0 Å². The normalized spacial score (nSPS) is 10.8. The number of halogens is 1. The number of amides is 1. The number of hydrogen-bond donors (Lipinski definition) is 2. The van der Waals surface area contributed by atoms with E-state index in [9.17, 15) is 24.8 Å². The molecule has 31 heavy (non-hydrogen) atoms. The Kier molecular flexibility index (Phi) is 6.32. The van der Waals surface area contributed by atoms with E-state index in [0.717, 1.165) is 18.2 Å². The maximum Gasteiger partial charge on any atom is 0.339 e. The maximum atomic E-state index is 12.1.